The van der Waals surface area contributed by atoms with Crippen LogP contribution in [-0.2, 0) is 22.4 Å². The fraction of sp³-hybridized carbons (Fsp3) is 0.615. The van der Waals surface area contributed by atoms with E-state index >= 15 is 0 Å². The second-order valence-corrected chi connectivity index (χ2v) is 6.88. The van der Waals surface area contributed by atoms with E-state index < -0.39 is 11.6 Å². The summed E-state index contributed by atoms with van der Waals surface area (Å²) in [6.45, 7) is 6.36. The van der Waals surface area contributed by atoms with Gasteiger partial charge in [0.05, 0.1) is 12.2 Å². The van der Waals surface area contributed by atoms with E-state index in [9.17, 15) is 9.59 Å². The highest BCUT2D eigenvalue weighted by molar-refractivity contribution is 7.13. The van der Waals surface area contributed by atoms with Crippen molar-refractivity contribution < 1.29 is 19.1 Å². The molecule has 0 spiro atoms. The van der Waals surface area contributed by atoms with Gasteiger partial charge in [-0.2, -0.15) is 0 Å². The number of amides is 1. The predicted molar refractivity (Wildman–Crippen MR) is 78.6 cm³/mol. The summed E-state index contributed by atoms with van der Waals surface area (Å²) in [4.78, 5) is 30.5. The molecule has 0 N–H and O–H groups in total. The van der Waals surface area contributed by atoms with E-state index in [1.54, 1.807) is 4.90 Å². The first kappa shape index (κ1) is 16.0. The third-order valence-electron chi connectivity index (χ3n) is 2.74. The van der Waals surface area contributed by atoms with E-state index in [0.717, 1.165) is 10.6 Å². The molecule has 1 aromatic heterocycles. The van der Waals surface area contributed by atoms with Crippen LogP contribution in [0.3, 0.4) is 0 Å². The highest BCUT2D eigenvalue weighted by Gasteiger charge is 2.29. The molecule has 0 atom stereocenters. The van der Waals surface area contributed by atoms with E-state index in [1.165, 1.54) is 11.3 Å². The average molecular weight is 333 g/mol. The van der Waals surface area contributed by atoms with Gasteiger partial charge >= 0.3 is 12.1 Å². The van der Waals surface area contributed by atoms with Gasteiger partial charge in [-0.1, -0.05) is 11.6 Å². The zero-order valence-corrected chi connectivity index (χ0v) is 13.7. The van der Waals surface area contributed by atoms with Crippen LogP contribution in [0.4, 0.5) is 4.79 Å². The summed E-state index contributed by atoms with van der Waals surface area (Å²) in [7, 11) is 0. The summed E-state index contributed by atoms with van der Waals surface area (Å²) in [6.07, 6.45) is 0.284. The first-order valence-corrected chi connectivity index (χ1v) is 7.85. The van der Waals surface area contributed by atoms with Crippen molar-refractivity contribution >= 4 is 35.0 Å². The van der Waals surface area contributed by atoms with Crippen LogP contribution in [0.25, 0.3) is 0 Å². The summed E-state index contributed by atoms with van der Waals surface area (Å²) in [5, 5.41) is 0.270. The van der Waals surface area contributed by atoms with Crippen molar-refractivity contribution in [2.24, 2.45) is 0 Å². The lowest BCUT2D eigenvalue weighted by molar-refractivity contribution is 0.0222. The maximum Gasteiger partial charge on any atom is 0.410 e. The van der Waals surface area contributed by atoms with Gasteiger partial charge in [0.2, 0.25) is 5.01 Å². The third-order valence-corrected chi connectivity index (χ3v) is 3.99. The van der Waals surface area contributed by atoms with Gasteiger partial charge in [0, 0.05) is 17.8 Å². The Bertz CT molecular complexity index is 553. The number of thiazole rings is 1. The zero-order valence-electron chi connectivity index (χ0n) is 12.1. The number of aromatic nitrogens is 1. The van der Waals surface area contributed by atoms with Crippen LogP contribution in [0.15, 0.2) is 0 Å². The lowest BCUT2D eigenvalue weighted by Crippen LogP contribution is -2.39. The molecule has 1 aromatic rings. The van der Waals surface area contributed by atoms with E-state index in [1.807, 2.05) is 20.8 Å². The van der Waals surface area contributed by atoms with Crippen LogP contribution in [0, 0.1) is 0 Å². The first-order valence-electron chi connectivity index (χ1n) is 6.50. The number of hydrogen-bond donors (Lipinski definition) is 0. The zero-order chi connectivity index (χ0) is 15.6. The summed E-state index contributed by atoms with van der Waals surface area (Å²) in [6, 6.07) is -0.201. The van der Waals surface area contributed by atoms with Crippen LogP contribution in [0.5, 0.6) is 0 Å². The Morgan fingerprint density at radius 2 is 2.14 bits per heavy atom. The van der Waals surface area contributed by atoms with Gasteiger partial charge in [0.15, 0.2) is 6.07 Å². The van der Waals surface area contributed by atoms with Crippen molar-refractivity contribution in [2.75, 3.05) is 12.6 Å². The normalized spacial score (nSPS) is 14.6. The minimum atomic E-state index is -0.534. The highest BCUT2D eigenvalue weighted by Crippen LogP contribution is 2.26. The Hall–Kier alpha value is -1.34. The summed E-state index contributed by atoms with van der Waals surface area (Å²) in [5.41, 5.74) is 0.188. The minimum Gasteiger partial charge on any atom is -0.444 e. The molecule has 6 nitrogen and oxygen atoms in total. The molecule has 0 saturated heterocycles. The minimum absolute atomic E-state index is 0.201. The smallest absolute Gasteiger partial charge is 0.410 e. The number of fused-ring (bicyclic) bond motifs is 1. The maximum absolute atomic E-state index is 12.0. The first-order chi connectivity index (χ1) is 9.80. The Morgan fingerprint density at radius 1 is 1.43 bits per heavy atom. The molecule has 1 aliphatic heterocycles. The number of ether oxygens (including phenoxy) is 2. The Balaban J connectivity index is 2.07. The van der Waals surface area contributed by atoms with Crippen LogP contribution in [0.2, 0.25) is 0 Å². The summed E-state index contributed by atoms with van der Waals surface area (Å²) >= 11 is 6.65. The Labute approximate surface area is 132 Å². The topological polar surface area (TPSA) is 68.7 Å². The van der Waals surface area contributed by atoms with Crippen molar-refractivity contribution in [1.29, 1.82) is 0 Å². The number of alkyl halides is 1. The van der Waals surface area contributed by atoms with E-state index in [0.29, 0.717) is 19.5 Å². The average Bonchev–Trinajstić information content (AvgIpc) is 2.79. The Kier molecular flexibility index (Phi) is 4.73. The molecule has 0 aliphatic carbocycles. The maximum atomic E-state index is 12.0. The van der Waals surface area contributed by atoms with Crippen LogP contribution in [-0.4, -0.2) is 40.2 Å². The number of carbonyl (C=O) groups excluding carboxylic acids is 2. The fourth-order valence-corrected chi connectivity index (χ4v) is 2.93. The quantitative estimate of drug-likeness (QED) is 0.615. The summed E-state index contributed by atoms with van der Waals surface area (Å²) in [5.74, 6) is -0.534. The number of esters is 1. The fourth-order valence-electron chi connectivity index (χ4n) is 1.88. The molecule has 0 radical (unpaired) electrons. The van der Waals surface area contributed by atoms with Crippen LogP contribution < -0.4 is 0 Å². The van der Waals surface area contributed by atoms with Crippen LogP contribution >= 0.6 is 22.9 Å². The molecule has 0 fully saturated rings. The predicted octanol–water partition coefficient (Wildman–Crippen LogP) is 2.79. The summed E-state index contributed by atoms with van der Waals surface area (Å²) < 4.78 is 10.1. The Morgan fingerprint density at radius 3 is 2.76 bits per heavy atom. The van der Waals surface area contributed by atoms with E-state index in [4.69, 9.17) is 21.1 Å². The number of rotatable bonds is 2. The van der Waals surface area contributed by atoms with Gasteiger partial charge < -0.3 is 14.4 Å². The van der Waals surface area contributed by atoms with Crippen molar-refractivity contribution in [3.05, 3.63) is 15.6 Å². The van der Waals surface area contributed by atoms with Gasteiger partial charge in [-0.3, -0.25) is 0 Å². The van der Waals surface area contributed by atoms with Gasteiger partial charge in [0.25, 0.3) is 0 Å². The van der Waals surface area contributed by atoms with Gasteiger partial charge in [0.1, 0.15) is 5.60 Å². The molecule has 116 valence electrons. The van der Waals surface area contributed by atoms with Crippen molar-refractivity contribution in [3.63, 3.8) is 0 Å². The second-order valence-electron chi connectivity index (χ2n) is 5.58. The number of nitrogens with zero attached hydrogens (tertiary/aromatic N) is 2. The lowest BCUT2D eigenvalue weighted by Gasteiger charge is -2.29. The van der Waals surface area contributed by atoms with E-state index in [2.05, 4.69) is 4.98 Å². The second kappa shape index (κ2) is 6.19. The van der Waals surface area contributed by atoms with Crippen molar-refractivity contribution in [3.8, 4) is 0 Å². The molecule has 8 heteroatoms. The molecule has 21 heavy (non-hydrogen) atoms. The van der Waals surface area contributed by atoms with Gasteiger partial charge in [-0.15, -0.1) is 11.3 Å². The molecule has 0 saturated carbocycles. The van der Waals surface area contributed by atoms with E-state index in [-0.39, 0.29) is 17.2 Å². The SMILES string of the molecule is CC(C)(C)OC(=O)N1CCc2sc(C(=O)OCCl)nc2C1. The van der Waals surface area contributed by atoms with Crippen molar-refractivity contribution in [2.45, 2.75) is 39.3 Å². The molecule has 1 aliphatic rings. The van der Waals surface area contributed by atoms with Gasteiger partial charge in [-0.25, -0.2) is 14.6 Å². The van der Waals surface area contributed by atoms with Crippen LogP contribution in [0.1, 0.15) is 41.1 Å². The molecule has 2 rings (SSSR count). The third kappa shape index (κ3) is 4.07. The lowest BCUT2D eigenvalue weighted by atomic mass is 10.2. The number of halogens is 1. The number of hydrogen-bond acceptors (Lipinski definition) is 6. The molecular formula is C13H17ClN2O4S. The molecular weight excluding hydrogens is 316 g/mol. The van der Waals surface area contributed by atoms with Gasteiger partial charge in [-0.05, 0) is 20.8 Å². The molecule has 0 aromatic carbocycles. The largest absolute Gasteiger partial charge is 0.444 e. The molecule has 0 unspecified atom stereocenters. The number of carbonyl (C=O) groups is 2. The molecule has 0 bridgehead atoms. The standard InChI is InChI=1S/C13H17ClN2O4S/c1-13(2,3)20-12(18)16-5-4-9-8(6-16)15-10(21-9)11(17)19-7-14/h4-7H2,1-3H3. The van der Waals surface area contributed by atoms with Crippen molar-refractivity contribution in [1.82, 2.24) is 9.88 Å². The highest BCUT2D eigenvalue weighted by atomic mass is 35.5. The monoisotopic (exact) mass is 332 g/mol. The molecule has 1 amide bonds. The molecule has 2 heterocycles.